The maximum atomic E-state index is 11.7. The molecule has 1 aromatic rings. The molecule has 0 spiro atoms. The van der Waals surface area contributed by atoms with Gasteiger partial charge in [0, 0.05) is 23.8 Å². The molecule has 1 amide bonds. The average molecular weight is 238 g/mol. The van der Waals surface area contributed by atoms with Crippen molar-refractivity contribution in [3.8, 4) is 0 Å². The van der Waals surface area contributed by atoms with Crippen LogP contribution in [-0.2, 0) is 9.63 Å². The Morgan fingerprint density at radius 2 is 2.25 bits per heavy atom. The number of aromatic nitrogens is 1. The van der Waals surface area contributed by atoms with Crippen molar-refractivity contribution in [2.45, 2.75) is 17.7 Å². The van der Waals surface area contributed by atoms with Crippen molar-refractivity contribution in [2.24, 2.45) is 0 Å². The predicted molar refractivity (Wildman–Crippen MR) is 61.9 cm³/mol. The van der Waals surface area contributed by atoms with Crippen molar-refractivity contribution < 1.29 is 9.63 Å². The van der Waals surface area contributed by atoms with Crippen LogP contribution in [0.25, 0.3) is 0 Å². The van der Waals surface area contributed by atoms with Gasteiger partial charge in [0.05, 0.1) is 12.4 Å². The summed E-state index contributed by atoms with van der Waals surface area (Å²) in [6, 6.07) is 3.80. The Balaban J connectivity index is 1.79. The van der Waals surface area contributed by atoms with Gasteiger partial charge >= 0.3 is 0 Å². The molecular formula is C11H14N2O2S. The van der Waals surface area contributed by atoms with Crippen LogP contribution in [0, 0.1) is 0 Å². The maximum Gasteiger partial charge on any atom is 0.256 e. The van der Waals surface area contributed by atoms with E-state index in [4.69, 9.17) is 4.84 Å². The molecule has 86 valence electrons. The van der Waals surface area contributed by atoms with Crippen LogP contribution in [0.1, 0.15) is 12.8 Å². The maximum absolute atomic E-state index is 11.7. The van der Waals surface area contributed by atoms with Crippen molar-refractivity contribution >= 4 is 17.7 Å². The van der Waals surface area contributed by atoms with E-state index in [9.17, 15) is 4.79 Å². The van der Waals surface area contributed by atoms with Gasteiger partial charge in [0.25, 0.3) is 5.91 Å². The Morgan fingerprint density at radius 1 is 1.44 bits per heavy atom. The molecule has 0 atom stereocenters. The summed E-state index contributed by atoms with van der Waals surface area (Å²) in [4.78, 5) is 22.0. The Bertz CT molecular complexity index is 339. The molecule has 1 aromatic heterocycles. The van der Waals surface area contributed by atoms with E-state index in [2.05, 4.69) is 4.98 Å². The fraction of sp³-hybridized carbons (Fsp3) is 0.455. The summed E-state index contributed by atoms with van der Waals surface area (Å²) >= 11 is 1.51. The number of carbonyl (C=O) groups is 1. The summed E-state index contributed by atoms with van der Waals surface area (Å²) in [7, 11) is 0. The van der Waals surface area contributed by atoms with Gasteiger partial charge in [-0.3, -0.25) is 14.6 Å². The van der Waals surface area contributed by atoms with E-state index in [1.54, 1.807) is 12.4 Å². The minimum absolute atomic E-state index is 0.0431. The predicted octanol–water partition coefficient (Wildman–Crippen LogP) is 1.73. The van der Waals surface area contributed by atoms with E-state index in [1.165, 1.54) is 16.8 Å². The minimum atomic E-state index is 0.0431. The van der Waals surface area contributed by atoms with Gasteiger partial charge in [0.1, 0.15) is 0 Å². The number of pyridine rings is 1. The molecule has 1 aliphatic heterocycles. The SMILES string of the molecule is O=C(CSc1ccncc1)N1CCCCO1. The smallest absolute Gasteiger partial charge is 0.256 e. The zero-order chi connectivity index (χ0) is 11.2. The number of hydroxylamine groups is 2. The number of nitrogens with zero attached hydrogens (tertiary/aromatic N) is 2. The number of rotatable bonds is 3. The highest BCUT2D eigenvalue weighted by Crippen LogP contribution is 2.17. The van der Waals surface area contributed by atoms with Gasteiger partial charge < -0.3 is 0 Å². The molecule has 2 heterocycles. The Labute approximate surface area is 98.9 Å². The molecular weight excluding hydrogens is 224 g/mol. The third-order valence-corrected chi connectivity index (χ3v) is 3.29. The van der Waals surface area contributed by atoms with E-state index in [0.29, 0.717) is 12.4 Å². The summed E-state index contributed by atoms with van der Waals surface area (Å²) in [5.41, 5.74) is 0. The third kappa shape index (κ3) is 3.21. The topological polar surface area (TPSA) is 42.4 Å². The Kier molecular flexibility index (Phi) is 4.18. The van der Waals surface area contributed by atoms with E-state index in [-0.39, 0.29) is 5.91 Å². The molecule has 0 aliphatic carbocycles. The third-order valence-electron chi connectivity index (χ3n) is 2.29. The van der Waals surface area contributed by atoms with Crippen molar-refractivity contribution in [3.05, 3.63) is 24.5 Å². The summed E-state index contributed by atoms with van der Waals surface area (Å²) in [6.07, 6.45) is 5.53. The molecule has 1 saturated heterocycles. The van der Waals surface area contributed by atoms with Crippen molar-refractivity contribution in [1.29, 1.82) is 0 Å². The number of carbonyl (C=O) groups excluding carboxylic acids is 1. The Morgan fingerprint density at radius 3 is 2.94 bits per heavy atom. The molecule has 0 bridgehead atoms. The number of hydrogen-bond donors (Lipinski definition) is 0. The zero-order valence-electron chi connectivity index (χ0n) is 8.96. The highest BCUT2D eigenvalue weighted by molar-refractivity contribution is 8.00. The number of thioether (sulfide) groups is 1. The first-order valence-electron chi connectivity index (χ1n) is 5.32. The first kappa shape index (κ1) is 11.4. The first-order valence-corrected chi connectivity index (χ1v) is 6.31. The van der Waals surface area contributed by atoms with Crippen LogP contribution < -0.4 is 0 Å². The van der Waals surface area contributed by atoms with Gasteiger partial charge in [0.2, 0.25) is 0 Å². The van der Waals surface area contributed by atoms with E-state index < -0.39 is 0 Å². The van der Waals surface area contributed by atoms with Gasteiger partial charge in [-0.25, -0.2) is 5.06 Å². The molecule has 0 N–H and O–H groups in total. The molecule has 4 nitrogen and oxygen atoms in total. The van der Waals surface area contributed by atoms with Gasteiger partial charge in [-0.15, -0.1) is 11.8 Å². The lowest BCUT2D eigenvalue weighted by Crippen LogP contribution is -2.36. The summed E-state index contributed by atoms with van der Waals surface area (Å²) in [6.45, 7) is 1.38. The lowest BCUT2D eigenvalue weighted by Gasteiger charge is -2.25. The fourth-order valence-electron chi connectivity index (χ4n) is 1.44. The largest absolute Gasteiger partial charge is 0.272 e. The van der Waals surface area contributed by atoms with Crippen LogP contribution in [-0.4, -0.2) is 34.9 Å². The van der Waals surface area contributed by atoms with E-state index >= 15 is 0 Å². The summed E-state index contributed by atoms with van der Waals surface area (Å²) in [5, 5.41) is 1.48. The highest BCUT2D eigenvalue weighted by Gasteiger charge is 2.17. The second-order valence-electron chi connectivity index (χ2n) is 3.51. The quantitative estimate of drug-likeness (QED) is 0.752. The van der Waals surface area contributed by atoms with E-state index in [1.807, 2.05) is 12.1 Å². The number of amides is 1. The number of hydrogen-bond acceptors (Lipinski definition) is 4. The Hall–Kier alpha value is -1.07. The van der Waals surface area contributed by atoms with Crippen molar-refractivity contribution in [3.63, 3.8) is 0 Å². The van der Waals surface area contributed by atoms with Crippen LogP contribution in [0.15, 0.2) is 29.4 Å². The normalized spacial score (nSPS) is 16.1. The van der Waals surface area contributed by atoms with Crippen LogP contribution in [0.3, 0.4) is 0 Å². The minimum Gasteiger partial charge on any atom is -0.272 e. The second-order valence-corrected chi connectivity index (χ2v) is 4.56. The van der Waals surface area contributed by atoms with Crippen LogP contribution in [0.5, 0.6) is 0 Å². The molecule has 1 aliphatic rings. The molecule has 5 heteroatoms. The van der Waals surface area contributed by atoms with Crippen LogP contribution in [0.2, 0.25) is 0 Å². The van der Waals surface area contributed by atoms with Gasteiger partial charge in [-0.05, 0) is 25.0 Å². The lowest BCUT2D eigenvalue weighted by atomic mass is 10.3. The first-order chi connectivity index (χ1) is 7.86. The summed E-state index contributed by atoms with van der Waals surface area (Å²) < 4.78 is 0. The molecule has 0 radical (unpaired) electrons. The molecule has 0 saturated carbocycles. The standard InChI is InChI=1S/C11H14N2O2S/c14-11(13-7-1-2-8-15-13)9-16-10-3-5-12-6-4-10/h3-6H,1-2,7-9H2. The zero-order valence-corrected chi connectivity index (χ0v) is 9.78. The van der Waals surface area contributed by atoms with Crippen LogP contribution in [0.4, 0.5) is 0 Å². The molecule has 0 unspecified atom stereocenters. The van der Waals surface area contributed by atoms with Crippen molar-refractivity contribution in [1.82, 2.24) is 10.0 Å². The highest BCUT2D eigenvalue weighted by atomic mass is 32.2. The summed E-state index contributed by atoms with van der Waals surface area (Å²) in [5.74, 6) is 0.464. The molecule has 2 rings (SSSR count). The van der Waals surface area contributed by atoms with Gasteiger partial charge in [0.15, 0.2) is 0 Å². The van der Waals surface area contributed by atoms with Crippen molar-refractivity contribution in [2.75, 3.05) is 18.9 Å². The molecule has 1 fully saturated rings. The average Bonchev–Trinajstić information content (AvgIpc) is 2.38. The fourth-order valence-corrected chi connectivity index (χ4v) is 2.19. The monoisotopic (exact) mass is 238 g/mol. The molecule has 16 heavy (non-hydrogen) atoms. The van der Waals surface area contributed by atoms with Gasteiger partial charge in [-0.1, -0.05) is 0 Å². The van der Waals surface area contributed by atoms with Crippen LogP contribution >= 0.6 is 11.8 Å². The lowest BCUT2D eigenvalue weighted by molar-refractivity contribution is -0.194. The van der Waals surface area contributed by atoms with Gasteiger partial charge in [-0.2, -0.15) is 0 Å². The van der Waals surface area contributed by atoms with E-state index in [0.717, 1.165) is 24.3 Å². The molecule has 0 aromatic carbocycles. The second kappa shape index (κ2) is 5.86.